The fourth-order valence-electron chi connectivity index (χ4n) is 1.47. The van der Waals surface area contributed by atoms with E-state index in [0.717, 1.165) is 0 Å². The van der Waals surface area contributed by atoms with Gasteiger partial charge in [-0.2, -0.15) is 0 Å². The third-order valence-electron chi connectivity index (χ3n) is 2.62. The lowest BCUT2D eigenvalue weighted by molar-refractivity contribution is -0.145. The highest BCUT2D eigenvalue weighted by atomic mass is 16.4. The number of aliphatic carboxylic acids is 2. The van der Waals surface area contributed by atoms with E-state index in [1.54, 1.807) is 24.0 Å². The molecule has 0 unspecified atom stereocenters. The molecule has 0 saturated heterocycles. The third kappa shape index (κ3) is 4.26. The summed E-state index contributed by atoms with van der Waals surface area (Å²) in [6.45, 7) is 0.175. The first kappa shape index (κ1) is 15.5. The van der Waals surface area contributed by atoms with E-state index in [1.165, 1.54) is 11.9 Å². The van der Waals surface area contributed by atoms with Crippen LogP contribution in [0.25, 0.3) is 0 Å². The van der Waals surface area contributed by atoms with Gasteiger partial charge in [0.05, 0.1) is 13.0 Å². The summed E-state index contributed by atoms with van der Waals surface area (Å²) in [5, 5.41) is 19.6. The van der Waals surface area contributed by atoms with E-state index < -0.39 is 30.4 Å². The normalized spacial score (nSPS) is 11.7. The molecule has 3 N–H and O–H groups in total. The Morgan fingerprint density at radius 2 is 2.10 bits per heavy atom. The lowest BCUT2D eigenvalue weighted by Gasteiger charge is -2.20. The minimum atomic E-state index is -1.47. The molecule has 1 atom stereocenters. The zero-order valence-corrected chi connectivity index (χ0v) is 11.1. The van der Waals surface area contributed by atoms with Crippen molar-refractivity contribution < 1.29 is 24.6 Å². The van der Waals surface area contributed by atoms with Crippen molar-refractivity contribution in [2.45, 2.75) is 19.0 Å². The number of aryl methyl sites for hydroxylation is 1. The molecule has 0 aliphatic carbocycles. The fourth-order valence-corrected chi connectivity index (χ4v) is 1.47. The number of hydrogen-bond acceptors (Lipinski definition) is 4. The number of carboxylic acids is 2. The number of hydrogen-bond donors (Lipinski definition) is 3. The summed E-state index contributed by atoms with van der Waals surface area (Å²) in [5.41, 5.74) is 0. The molecule has 1 aromatic rings. The van der Waals surface area contributed by atoms with Gasteiger partial charge in [-0.25, -0.2) is 14.6 Å². The van der Waals surface area contributed by atoms with Crippen molar-refractivity contribution in [3.8, 4) is 0 Å². The van der Waals surface area contributed by atoms with Crippen molar-refractivity contribution in [2.24, 2.45) is 7.05 Å². The number of carbonyl (C=O) groups is 3. The topological polar surface area (TPSA) is 125 Å². The average molecular weight is 284 g/mol. The van der Waals surface area contributed by atoms with Crippen molar-refractivity contribution in [3.05, 3.63) is 18.2 Å². The summed E-state index contributed by atoms with van der Waals surface area (Å²) in [5.74, 6) is -2.08. The molecule has 0 aliphatic rings. The predicted octanol–water partition coefficient (Wildman–Crippen LogP) is -0.511. The van der Waals surface area contributed by atoms with Crippen molar-refractivity contribution in [1.29, 1.82) is 0 Å². The number of carboxylic acid groups (broad SMARTS) is 2. The van der Waals surface area contributed by atoms with Gasteiger partial charge in [-0.3, -0.25) is 4.79 Å². The lowest BCUT2D eigenvalue weighted by Crippen LogP contribution is -2.47. The van der Waals surface area contributed by atoms with Gasteiger partial charge >= 0.3 is 18.0 Å². The van der Waals surface area contributed by atoms with Crippen LogP contribution in [0.1, 0.15) is 12.2 Å². The van der Waals surface area contributed by atoms with E-state index in [2.05, 4.69) is 10.3 Å². The van der Waals surface area contributed by atoms with Crippen molar-refractivity contribution in [1.82, 2.24) is 19.8 Å². The number of imidazole rings is 1. The second-order valence-corrected chi connectivity index (χ2v) is 4.25. The Morgan fingerprint density at radius 3 is 2.55 bits per heavy atom. The number of nitrogens with zero attached hydrogens (tertiary/aromatic N) is 3. The van der Waals surface area contributed by atoms with Gasteiger partial charge < -0.3 is 25.0 Å². The van der Waals surface area contributed by atoms with Gasteiger partial charge in [-0.15, -0.1) is 0 Å². The second kappa shape index (κ2) is 6.55. The number of nitrogens with one attached hydrogen (secondary N) is 1. The standard InChI is InChI=1S/C11H16N4O5/c1-14-4-3-12-8(14)6-15(2)11(20)13-7(10(18)19)5-9(16)17/h3-4,7H,5-6H2,1-2H3,(H,13,20)(H,16,17)(H,18,19)/t7-/m1/s1. The van der Waals surface area contributed by atoms with Gasteiger partial charge in [0.15, 0.2) is 0 Å². The molecule has 0 radical (unpaired) electrons. The lowest BCUT2D eigenvalue weighted by atomic mass is 10.2. The molecule has 0 spiro atoms. The molecule has 0 aliphatic heterocycles. The van der Waals surface area contributed by atoms with Gasteiger partial charge in [0.2, 0.25) is 0 Å². The smallest absolute Gasteiger partial charge is 0.326 e. The van der Waals surface area contributed by atoms with Crippen LogP contribution in [0.3, 0.4) is 0 Å². The zero-order valence-electron chi connectivity index (χ0n) is 11.1. The number of rotatable bonds is 6. The number of amides is 2. The summed E-state index contributed by atoms with van der Waals surface area (Å²) >= 11 is 0. The summed E-state index contributed by atoms with van der Waals surface area (Å²) < 4.78 is 1.72. The molecule has 2 amide bonds. The maximum atomic E-state index is 11.8. The summed E-state index contributed by atoms with van der Waals surface area (Å²) in [6.07, 6.45) is 2.61. The monoisotopic (exact) mass is 284 g/mol. The van der Waals surface area contributed by atoms with Crippen LogP contribution in [0, 0.1) is 0 Å². The van der Waals surface area contributed by atoms with Gasteiger partial charge in [0.25, 0.3) is 0 Å². The quantitative estimate of drug-likeness (QED) is 0.646. The molecule has 0 saturated carbocycles. The predicted molar refractivity (Wildman–Crippen MR) is 66.9 cm³/mol. The van der Waals surface area contributed by atoms with Gasteiger partial charge in [-0.05, 0) is 0 Å². The van der Waals surface area contributed by atoms with E-state index in [1.807, 2.05) is 0 Å². The highest BCUT2D eigenvalue weighted by Gasteiger charge is 2.24. The molecular weight excluding hydrogens is 268 g/mol. The van der Waals surface area contributed by atoms with Gasteiger partial charge in [0, 0.05) is 26.5 Å². The van der Waals surface area contributed by atoms with Crippen LogP contribution in [-0.2, 0) is 23.2 Å². The molecule has 0 aromatic carbocycles. The van der Waals surface area contributed by atoms with Crippen molar-refractivity contribution >= 4 is 18.0 Å². The Hall–Kier alpha value is -2.58. The Morgan fingerprint density at radius 1 is 1.45 bits per heavy atom. The van der Waals surface area contributed by atoms with E-state index in [0.29, 0.717) is 5.82 Å². The molecular formula is C11H16N4O5. The van der Waals surface area contributed by atoms with Crippen molar-refractivity contribution in [2.75, 3.05) is 7.05 Å². The van der Waals surface area contributed by atoms with Gasteiger partial charge in [0.1, 0.15) is 11.9 Å². The Labute approximate surface area is 114 Å². The number of carbonyl (C=O) groups excluding carboxylic acids is 1. The molecule has 9 nitrogen and oxygen atoms in total. The van der Waals surface area contributed by atoms with Crippen LogP contribution < -0.4 is 5.32 Å². The zero-order chi connectivity index (χ0) is 15.3. The van der Waals surface area contributed by atoms with Crippen LogP contribution in [0.4, 0.5) is 4.79 Å². The van der Waals surface area contributed by atoms with Crippen molar-refractivity contribution in [3.63, 3.8) is 0 Å². The summed E-state index contributed by atoms with van der Waals surface area (Å²) in [6, 6.07) is -2.15. The third-order valence-corrected chi connectivity index (χ3v) is 2.62. The minimum Gasteiger partial charge on any atom is -0.481 e. The maximum absolute atomic E-state index is 11.8. The first-order chi connectivity index (χ1) is 9.31. The van der Waals surface area contributed by atoms with E-state index in [-0.39, 0.29) is 6.54 Å². The second-order valence-electron chi connectivity index (χ2n) is 4.25. The molecule has 9 heteroatoms. The molecule has 20 heavy (non-hydrogen) atoms. The SMILES string of the molecule is CN(Cc1nccn1C)C(=O)N[C@H](CC(=O)O)C(=O)O. The largest absolute Gasteiger partial charge is 0.481 e. The van der Waals surface area contributed by atoms with Crippen LogP contribution in [0.5, 0.6) is 0 Å². The first-order valence-corrected chi connectivity index (χ1v) is 5.73. The van der Waals surface area contributed by atoms with Crippen LogP contribution in [-0.4, -0.2) is 55.7 Å². The Balaban J connectivity index is 2.62. The highest BCUT2D eigenvalue weighted by Crippen LogP contribution is 2.01. The molecule has 1 rings (SSSR count). The van der Waals surface area contributed by atoms with Crippen LogP contribution >= 0.6 is 0 Å². The van der Waals surface area contributed by atoms with Crippen LogP contribution in [0.15, 0.2) is 12.4 Å². The number of aromatic nitrogens is 2. The minimum absolute atomic E-state index is 0.175. The highest BCUT2D eigenvalue weighted by molar-refractivity contribution is 5.86. The molecule has 1 aromatic heterocycles. The van der Waals surface area contributed by atoms with E-state index in [4.69, 9.17) is 10.2 Å². The van der Waals surface area contributed by atoms with Crippen LogP contribution in [0.2, 0.25) is 0 Å². The molecule has 0 bridgehead atoms. The first-order valence-electron chi connectivity index (χ1n) is 5.73. The van der Waals surface area contributed by atoms with Gasteiger partial charge in [-0.1, -0.05) is 0 Å². The summed E-state index contributed by atoms with van der Waals surface area (Å²) in [7, 11) is 3.22. The van der Waals surface area contributed by atoms with E-state index >= 15 is 0 Å². The maximum Gasteiger partial charge on any atom is 0.326 e. The Bertz CT molecular complexity index is 513. The summed E-state index contributed by atoms with van der Waals surface area (Å²) in [4.78, 5) is 38.4. The molecule has 1 heterocycles. The number of urea groups is 1. The Kier molecular flexibility index (Phi) is 5.07. The molecule has 110 valence electrons. The fraction of sp³-hybridized carbons (Fsp3) is 0.455. The molecule has 0 fully saturated rings. The van der Waals surface area contributed by atoms with E-state index in [9.17, 15) is 14.4 Å². The average Bonchev–Trinajstić information content (AvgIpc) is 2.73.